The number of hydrogen-bond acceptors (Lipinski definition) is 5. The average Bonchev–Trinajstić information content (AvgIpc) is 3.07. The maximum Gasteiger partial charge on any atom is 0.264 e. The number of hydrogen-bond donors (Lipinski definition) is 2. The summed E-state index contributed by atoms with van der Waals surface area (Å²) in [6, 6.07) is 12.4. The van der Waals surface area contributed by atoms with Gasteiger partial charge in [0.25, 0.3) is 11.1 Å². The first-order valence-corrected chi connectivity index (χ1v) is 9.48. The molecule has 1 atom stereocenters. The lowest BCUT2D eigenvalue weighted by atomic mass is 9.86. The smallest absolute Gasteiger partial charge is 0.264 e. The molecular formula is C21H18N6O3. The Morgan fingerprint density at radius 3 is 2.67 bits per heavy atom. The summed E-state index contributed by atoms with van der Waals surface area (Å²) in [7, 11) is 1.73. The number of para-hydroxylation sites is 1. The number of H-pyrrole nitrogens is 1. The Balaban J connectivity index is 1.74. The van der Waals surface area contributed by atoms with E-state index in [-0.39, 0.29) is 23.4 Å². The predicted molar refractivity (Wildman–Crippen MR) is 111 cm³/mol. The molecule has 9 heteroatoms. The number of aromatic nitrogens is 5. The zero-order chi connectivity index (χ0) is 21.0. The van der Waals surface area contributed by atoms with Gasteiger partial charge in [0.1, 0.15) is 5.82 Å². The quantitative estimate of drug-likeness (QED) is 0.528. The lowest BCUT2D eigenvalue weighted by Crippen LogP contribution is -2.30. The second-order valence-corrected chi connectivity index (χ2v) is 7.37. The van der Waals surface area contributed by atoms with Crippen molar-refractivity contribution in [2.75, 3.05) is 5.32 Å². The Kier molecular flexibility index (Phi) is 3.92. The molecule has 0 saturated heterocycles. The highest BCUT2D eigenvalue weighted by atomic mass is 16.2. The van der Waals surface area contributed by atoms with Gasteiger partial charge in [-0.1, -0.05) is 18.2 Å². The minimum atomic E-state index is -0.437. The fraction of sp³-hybridized carbons (Fsp3) is 0.190. The molecule has 1 aliphatic rings. The number of amides is 1. The zero-order valence-corrected chi connectivity index (χ0v) is 16.3. The second kappa shape index (κ2) is 6.51. The first-order valence-electron chi connectivity index (χ1n) is 9.48. The van der Waals surface area contributed by atoms with Gasteiger partial charge in [0.15, 0.2) is 5.82 Å². The molecule has 4 heterocycles. The molecule has 5 rings (SSSR count). The molecule has 0 bridgehead atoms. The molecule has 9 nitrogen and oxygen atoms in total. The third-order valence-corrected chi connectivity index (χ3v) is 5.52. The third-order valence-electron chi connectivity index (χ3n) is 5.52. The van der Waals surface area contributed by atoms with Gasteiger partial charge in [-0.3, -0.25) is 14.4 Å². The molecule has 0 radical (unpaired) electrons. The van der Waals surface area contributed by atoms with Crippen LogP contribution < -0.4 is 16.4 Å². The SMILES string of the molecule is Cc1nn(-c2ccc(=O)[nH]n2)c2c1C(c1cc3ccccc3n(C)c1=O)CC(=O)N2. The zero-order valence-electron chi connectivity index (χ0n) is 16.3. The highest BCUT2D eigenvalue weighted by molar-refractivity contribution is 5.95. The van der Waals surface area contributed by atoms with Crippen LogP contribution in [0.3, 0.4) is 0 Å². The van der Waals surface area contributed by atoms with Crippen LogP contribution >= 0.6 is 0 Å². The summed E-state index contributed by atoms with van der Waals surface area (Å²) >= 11 is 0. The maximum atomic E-state index is 13.2. The molecule has 1 unspecified atom stereocenters. The maximum absolute atomic E-state index is 13.2. The standard InChI is InChI=1S/C21H18N6O3/c1-11-19-13(14-9-12-5-3-4-6-15(12)26(2)21(14)30)10-18(29)22-20(19)27(25-11)16-7-8-17(28)24-23-16/h3-9,13H,10H2,1-2H3,(H,22,29)(H,24,28). The fourth-order valence-corrected chi connectivity index (χ4v) is 4.13. The van der Waals surface area contributed by atoms with Crippen LogP contribution in [0.5, 0.6) is 0 Å². The molecule has 0 fully saturated rings. The normalized spacial score (nSPS) is 15.8. The first kappa shape index (κ1) is 18.0. The largest absolute Gasteiger partial charge is 0.311 e. The van der Waals surface area contributed by atoms with Crippen LogP contribution in [0.1, 0.15) is 29.2 Å². The van der Waals surface area contributed by atoms with Crippen molar-refractivity contribution in [1.82, 2.24) is 24.5 Å². The number of benzene rings is 1. The summed E-state index contributed by atoms with van der Waals surface area (Å²) in [6.45, 7) is 1.83. The van der Waals surface area contributed by atoms with E-state index in [4.69, 9.17) is 0 Å². The lowest BCUT2D eigenvalue weighted by molar-refractivity contribution is -0.116. The number of pyridine rings is 1. The number of fused-ring (bicyclic) bond motifs is 2. The van der Waals surface area contributed by atoms with Gasteiger partial charge in [0.05, 0.1) is 11.2 Å². The first-order chi connectivity index (χ1) is 14.4. The average molecular weight is 402 g/mol. The summed E-state index contributed by atoms with van der Waals surface area (Å²) in [5.74, 6) is 0.177. The van der Waals surface area contributed by atoms with Gasteiger partial charge in [0.2, 0.25) is 5.91 Å². The highest BCUT2D eigenvalue weighted by Crippen LogP contribution is 2.39. The number of rotatable bonds is 2. The fourth-order valence-electron chi connectivity index (χ4n) is 4.13. The van der Waals surface area contributed by atoms with E-state index in [0.29, 0.717) is 22.9 Å². The van der Waals surface area contributed by atoms with E-state index < -0.39 is 5.92 Å². The van der Waals surface area contributed by atoms with Gasteiger partial charge < -0.3 is 9.88 Å². The van der Waals surface area contributed by atoms with E-state index >= 15 is 0 Å². The molecule has 0 spiro atoms. The van der Waals surface area contributed by atoms with E-state index in [0.717, 1.165) is 16.5 Å². The van der Waals surface area contributed by atoms with Crippen molar-refractivity contribution in [3.8, 4) is 5.82 Å². The molecule has 30 heavy (non-hydrogen) atoms. The van der Waals surface area contributed by atoms with Crippen molar-refractivity contribution in [2.24, 2.45) is 7.05 Å². The summed E-state index contributed by atoms with van der Waals surface area (Å²) < 4.78 is 3.09. The third kappa shape index (κ3) is 2.66. The minimum Gasteiger partial charge on any atom is -0.311 e. The summed E-state index contributed by atoms with van der Waals surface area (Å²) in [5, 5.41) is 14.7. The molecule has 4 aromatic rings. The topological polar surface area (TPSA) is 115 Å². The predicted octanol–water partition coefficient (Wildman–Crippen LogP) is 1.59. The monoisotopic (exact) mass is 402 g/mol. The molecule has 0 saturated carbocycles. The van der Waals surface area contributed by atoms with E-state index in [1.54, 1.807) is 11.6 Å². The lowest BCUT2D eigenvalue weighted by Gasteiger charge is -2.24. The van der Waals surface area contributed by atoms with E-state index in [9.17, 15) is 14.4 Å². The molecule has 2 N–H and O–H groups in total. The van der Waals surface area contributed by atoms with Crippen LogP contribution in [0, 0.1) is 6.92 Å². The Bertz CT molecular complexity index is 1430. The molecule has 1 amide bonds. The van der Waals surface area contributed by atoms with Crippen molar-refractivity contribution < 1.29 is 4.79 Å². The summed E-state index contributed by atoms with van der Waals surface area (Å²) in [4.78, 5) is 37.1. The van der Waals surface area contributed by atoms with Gasteiger partial charge in [0, 0.05) is 36.6 Å². The van der Waals surface area contributed by atoms with E-state index in [1.165, 1.54) is 16.8 Å². The van der Waals surface area contributed by atoms with Gasteiger partial charge in [-0.25, -0.2) is 5.10 Å². The minimum absolute atomic E-state index is 0.145. The Hall–Kier alpha value is -4.01. The van der Waals surface area contributed by atoms with E-state index in [2.05, 4.69) is 20.6 Å². The number of carbonyl (C=O) groups is 1. The Labute approximate surface area is 170 Å². The molecular weight excluding hydrogens is 384 g/mol. The second-order valence-electron chi connectivity index (χ2n) is 7.37. The van der Waals surface area contributed by atoms with Gasteiger partial charge in [-0.05, 0) is 30.5 Å². The van der Waals surface area contributed by atoms with Crippen molar-refractivity contribution in [2.45, 2.75) is 19.3 Å². The number of anilines is 1. The van der Waals surface area contributed by atoms with Crippen LogP contribution in [0.4, 0.5) is 5.82 Å². The van der Waals surface area contributed by atoms with Crippen molar-refractivity contribution in [1.29, 1.82) is 0 Å². The van der Waals surface area contributed by atoms with Crippen molar-refractivity contribution in [3.05, 3.63) is 80.0 Å². The molecule has 3 aromatic heterocycles. The van der Waals surface area contributed by atoms with Crippen LogP contribution in [-0.4, -0.2) is 30.5 Å². The van der Waals surface area contributed by atoms with E-state index in [1.807, 2.05) is 37.3 Å². The number of aryl methyl sites for hydroxylation is 2. The molecule has 0 aliphatic carbocycles. The Morgan fingerprint density at radius 1 is 1.10 bits per heavy atom. The van der Waals surface area contributed by atoms with Crippen LogP contribution in [0.2, 0.25) is 0 Å². The molecule has 1 aliphatic heterocycles. The number of nitrogens with zero attached hydrogens (tertiary/aromatic N) is 4. The number of nitrogens with one attached hydrogen (secondary N) is 2. The van der Waals surface area contributed by atoms with Gasteiger partial charge in [-0.15, -0.1) is 0 Å². The van der Waals surface area contributed by atoms with Gasteiger partial charge >= 0.3 is 0 Å². The highest BCUT2D eigenvalue weighted by Gasteiger charge is 2.34. The van der Waals surface area contributed by atoms with Crippen molar-refractivity contribution >= 4 is 22.6 Å². The molecule has 150 valence electrons. The molecule has 1 aromatic carbocycles. The summed E-state index contributed by atoms with van der Waals surface area (Å²) in [6.07, 6.45) is 0.145. The van der Waals surface area contributed by atoms with Gasteiger partial charge in [-0.2, -0.15) is 14.9 Å². The van der Waals surface area contributed by atoms with Crippen LogP contribution in [-0.2, 0) is 11.8 Å². The number of carbonyl (C=O) groups excluding carboxylic acids is 1. The van der Waals surface area contributed by atoms with Crippen molar-refractivity contribution in [3.63, 3.8) is 0 Å². The number of aromatic amines is 1. The summed E-state index contributed by atoms with van der Waals surface area (Å²) in [5.41, 5.74) is 2.35. The van der Waals surface area contributed by atoms with Crippen LogP contribution in [0.15, 0.2) is 52.1 Å². The van der Waals surface area contributed by atoms with Crippen LogP contribution in [0.25, 0.3) is 16.7 Å². The Morgan fingerprint density at radius 2 is 1.90 bits per heavy atom.